The zero-order valence-corrected chi connectivity index (χ0v) is 14.5. The van der Waals surface area contributed by atoms with Crippen molar-refractivity contribution in [1.82, 2.24) is 14.6 Å². The Labute approximate surface area is 144 Å². The normalized spacial score (nSPS) is 16.2. The maximum absolute atomic E-state index is 4.65. The van der Waals surface area contributed by atoms with E-state index in [1.54, 1.807) is 10.7 Å². The number of fused-ring (bicyclic) bond motifs is 1. The lowest BCUT2D eigenvalue weighted by molar-refractivity contribution is 0.151. The van der Waals surface area contributed by atoms with Gasteiger partial charge in [-0.2, -0.15) is 5.10 Å². The molecule has 1 aliphatic carbocycles. The van der Waals surface area contributed by atoms with E-state index in [0.29, 0.717) is 5.41 Å². The van der Waals surface area contributed by atoms with Gasteiger partial charge in [0.15, 0.2) is 5.65 Å². The molecule has 1 saturated carbocycles. The van der Waals surface area contributed by atoms with Crippen molar-refractivity contribution in [3.05, 3.63) is 58.8 Å². The fourth-order valence-electron chi connectivity index (χ4n) is 3.34. The van der Waals surface area contributed by atoms with Crippen LogP contribution in [0, 0.1) is 5.41 Å². The third kappa shape index (κ3) is 2.98. The Hall–Kier alpha value is -1.88. The Bertz CT molecular complexity index is 808. The summed E-state index contributed by atoms with van der Waals surface area (Å²) in [5, 5.41) is 7.77. The first-order valence-electron chi connectivity index (χ1n) is 8.02. The van der Waals surface area contributed by atoms with Crippen molar-refractivity contribution in [3.8, 4) is 0 Å². The van der Waals surface area contributed by atoms with E-state index >= 15 is 0 Å². The molecule has 5 heteroatoms. The van der Waals surface area contributed by atoms with Gasteiger partial charge in [0.1, 0.15) is 5.82 Å². The number of rotatable bonds is 5. The van der Waals surface area contributed by atoms with Crippen molar-refractivity contribution < 1.29 is 0 Å². The fourth-order valence-corrected chi connectivity index (χ4v) is 3.70. The highest BCUT2D eigenvalue weighted by Gasteiger charge is 2.36. The van der Waals surface area contributed by atoms with Gasteiger partial charge in [-0.3, -0.25) is 0 Å². The Morgan fingerprint density at radius 3 is 2.74 bits per heavy atom. The number of nitrogens with one attached hydrogen (secondary N) is 1. The van der Waals surface area contributed by atoms with E-state index in [2.05, 4.69) is 61.7 Å². The smallest absolute Gasteiger partial charge is 0.171 e. The molecule has 0 bridgehead atoms. The highest BCUT2D eigenvalue weighted by Crippen LogP contribution is 2.43. The number of nitrogens with zero attached hydrogens (tertiary/aromatic N) is 3. The fraction of sp³-hybridized carbons (Fsp3) is 0.333. The summed E-state index contributed by atoms with van der Waals surface area (Å²) in [5.41, 5.74) is 2.64. The van der Waals surface area contributed by atoms with E-state index in [4.69, 9.17) is 0 Å². The van der Waals surface area contributed by atoms with E-state index < -0.39 is 0 Å². The zero-order chi connectivity index (χ0) is 15.7. The van der Waals surface area contributed by atoms with Crippen molar-refractivity contribution in [3.63, 3.8) is 0 Å². The van der Waals surface area contributed by atoms with Crippen molar-refractivity contribution in [2.75, 3.05) is 11.9 Å². The standard InChI is InChI=1S/C18H19BrN4/c19-15-12-21-23-10-7-16(22-17(15)23)20-13-18(8-4-9-18)11-14-5-2-1-3-6-14/h1-3,5-7,10,12H,4,8-9,11,13H2,(H,20,22). The lowest BCUT2D eigenvalue weighted by Crippen LogP contribution is -2.38. The predicted molar refractivity (Wildman–Crippen MR) is 95.6 cm³/mol. The van der Waals surface area contributed by atoms with Gasteiger partial charge in [-0.1, -0.05) is 36.8 Å². The molecular weight excluding hydrogens is 352 g/mol. The van der Waals surface area contributed by atoms with Gasteiger partial charge in [-0.15, -0.1) is 0 Å². The molecule has 1 fully saturated rings. The number of aromatic nitrogens is 3. The Morgan fingerprint density at radius 1 is 1.17 bits per heavy atom. The van der Waals surface area contributed by atoms with Gasteiger partial charge in [0.05, 0.1) is 10.7 Å². The van der Waals surface area contributed by atoms with Gasteiger partial charge >= 0.3 is 0 Å². The molecule has 4 nitrogen and oxygen atoms in total. The summed E-state index contributed by atoms with van der Waals surface area (Å²) in [6.07, 6.45) is 8.75. The molecule has 1 N–H and O–H groups in total. The summed E-state index contributed by atoms with van der Waals surface area (Å²) in [5.74, 6) is 0.915. The van der Waals surface area contributed by atoms with Crippen molar-refractivity contribution in [2.45, 2.75) is 25.7 Å². The zero-order valence-electron chi connectivity index (χ0n) is 12.9. The van der Waals surface area contributed by atoms with Crippen LogP contribution >= 0.6 is 15.9 Å². The van der Waals surface area contributed by atoms with Gasteiger partial charge in [-0.25, -0.2) is 9.50 Å². The third-order valence-electron chi connectivity index (χ3n) is 4.81. The first-order chi connectivity index (χ1) is 11.2. The van der Waals surface area contributed by atoms with E-state index in [9.17, 15) is 0 Å². The quantitative estimate of drug-likeness (QED) is 0.727. The summed E-state index contributed by atoms with van der Waals surface area (Å²) in [6, 6.07) is 12.8. The lowest BCUT2D eigenvalue weighted by atomic mass is 9.65. The van der Waals surface area contributed by atoms with Crippen molar-refractivity contribution in [2.24, 2.45) is 5.41 Å². The van der Waals surface area contributed by atoms with Crippen LogP contribution in [-0.2, 0) is 6.42 Å². The minimum atomic E-state index is 0.368. The summed E-state index contributed by atoms with van der Waals surface area (Å²) < 4.78 is 2.70. The highest BCUT2D eigenvalue weighted by atomic mass is 79.9. The molecule has 0 aliphatic heterocycles. The maximum Gasteiger partial charge on any atom is 0.171 e. The lowest BCUT2D eigenvalue weighted by Gasteiger charge is -2.42. The minimum Gasteiger partial charge on any atom is -0.369 e. The van der Waals surface area contributed by atoms with Gasteiger partial charge in [0.25, 0.3) is 0 Å². The summed E-state index contributed by atoms with van der Waals surface area (Å²) in [4.78, 5) is 4.65. The van der Waals surface area contributed by atoms with Crippen LogP contribution in [0.25, 0.3) is 5.65 Å². The summed E-state index contributed by atoms with van der Waals surface area (Å²) >= 11 is 3.49. The van der Waals surface area contributed by atoms with Crippen LogP contribution in [0.2, 0.25) is 0 Å². The average molecular weight is 371 g/mol. The van der Waals surface area contributed by atoms with Gasteiger partial charge < -0.3 is 5.32 Å². The number of halogens is 1. The second-order valence-corrected chi connectivity index (χ2v) is 7.30. The number of hydrogen-bond donors (Lipinski definition) is 1. The topological polar surface area (TPSA) is 42.2 Å². The predicted octanol–water partition coefficient (Wildman–Crippen LogP) is 4.32. The van der Waals surface area contributed by atoms with Gasteiger partial charge in [0.2, 0.25) is 0 Å². The third-order valence-corrected chi connectivity index (χ3v) is 5.37. The molecule has 1 aromatic carbocycles. The molecule has 0 amide bonds. The van der Waals surface area contributed by atoms with Crippen LogP contribution in [0.15, 0.2) is 53.3 Å². The van der Waals surface area contributed by atoms with Crippen LogP contribution in [0.3, 0.4) is 0 Å². The number of anilines is 1. The van der Waals surface area contributed by atoms with Gasteiger partial charge in [0, 0.05) is 12.7 Å². The van der Waals surface area contributed by atoms with Gasteiger partial charge in [-0.05, 0) is 52.2 Å². The number of hydrogen-bond acceptors (Lipinski definition) is 3. The largest absolute Gasteiger partial charge is 0.369 e. The van der Waals surface area contributed by atoms with Crippen LogP contribution in [0.1, 0.15) is 24.8 Å². The summed E-state index contributed by atoms with van der Waals surface area (Å²) in [6.45, 7) is 0.969. The van der Waals surface area contributed by atoms with Crippen LogP contribution in [0.5, 0.6) is 0 Å². The first kappa shape index (κ1) is 14.7. The molecule has 2 aromatic heterocycles. The molecule has 0 spiro atoms. The maximum atomic E-state index is 4.65. The Kier molecular flexibility index (Phi) is 3.81. The average Bonchev–Trinajstić information content (AvgIpc) is 2.92. The molecule has 0 saturated heterocycles. The molecular formula is C18H19BrN4. The second-order valence-electron chi connectivity index (χ2n) is 6.44. The monoisotopic (exact) mass is 370 g/mol. The van der Waals surface area contributed by atoms with E-state index in [1.165, 1.54) is 24.8 Å². The molecule has 3 aromatic rings. The Morgan fingerprint density at radius 2 is 2.00 bits per heavy atom. The molecule has 0 atom stereocenters. The number of benzene rings is 1. The highest BCUT2D eigenvalue weighted by molar-refractivity contribution is 9.10. The molecule has 4 rings (SSSR count). The van der Waals surface area contributed by atoms with Crippen LogP contribution in [-0.4, -0.2) is 21.1 Å². The summed E-state index contributed by atoms with van der Waals surface area (Å²) in [7, 11) is 0. The van der Waals surface area contributed by atoms with Crippen LogP contribution < -0.4 is 5.32 Å². The molecule has 23 heavy (non-hydrogen) atoms. The SMILES string of the molecule is Brc1cnn2ccc(NCC3(Cc4ccccc4)CCC3)nc12. The molecule has 1 aliphatic rings. The van der Waals surface area contributed by atoms with Crippen molar-refractivity contribution in [1.29, 1.82) is 0 Å². The van der Waals surface area contributed by atoms with Crippen molar-refractivity contribution >= 4 is 27.4 Å². The molecule has 2 heterocycles. The van der Waals surface area contributed by atoms with E-state index in [1.807, 2.05) is 12.3 Å². The van der Waals surface area contributed by atoms with Crippen LogP contribution in [0.4, 0.5) is 5.82 Å². The first-order valence-corrected chi connectivity index (χ1v) is 8.81. The molecule has 118 valence electrons. The van der Waals surface area contributed by atoms with E-state index in [-0.39, 0.29) is 0 Å². The van der Waals surface area contributed by atoms with E-state index in [0.717, 1.165) is 28.9 Å². The molecule has 0 radical (unpaired) electrons. The Balaban J connectivity index is 1.48. The minimum absolute atomic E-state index is 0.368. The second kappa shape index (κ2) is 5.96. The molecule has 0 unspecified atom stereocenters.